The number of aromatic hydroxyl groups is 1. The van der Waals surface area contributed by atoms with Crippen LogP contribution in [0.15, 0.2) is 22.7 Å². The molecule has 0 aliphatic heterocycles. The summed E-state index contributed by atoms with van der Waals surface area (Å²) in [6, 6.07) is 4.64. The summed E-state index contributed by atoms with van der Waals surface area (Å²) in [7, 11) is 0. The van der Waals surface area contributed by atoms with Crippen molar-refractivity contribution >= 4 is 27.8 Å². The van der Waals surface area contributed by atoms with Crippen LogP contribution < -0.4 is 5.32 Å². The van der Waals surface area contributed by atoms with Crippen molar-refractivity contribution in [2.24, 2.45) is 0 Å². The van der Waals surface area contributed by atoms with Crippen molar-refractivity contribution in [2.75, 3.05) is 6.61 Å². The number of carbonyl (C=O) groups excluding carboxylic acids is 2. The van der Waals surface area contributed by atoms with Crippen LogP contribution in [0.3, 0.4) is 0 Å². The third-order valence-corrected chi connectivity index (χ3v) is 3.73. The number of ether oxygens (including phenoxy) is 1. The number of nitrogens with one attached hydrogen (secondary N) is 1. The maximum Gasteiger partial charge on any atom is 0.342 e. The molecule has 1 aliphatic carbocycles. The molecule has 0 unspecified atom stereocenters. The monoisotopic (exact) mass is 341 g/mol. The number of halogens is 1. The molecule has 0 heterocycles. The van der Waals surface area contributed by atoms with Crippen LogP contribution in [0.2, 0.25) is 0 Å². The van der Waals surface area contributed by atoms with Crippen LogP contribution in [0.1, 0.15) is 36.0 Å². The van der Waals surface area contributed by atoms with E-state index in [0.717, 1.165) is 25.7 Å². The molecule has 1 amide bonds. The molecule has 1 saturated carbocycles. The maximum atomic E-state index is 11.8. The molecule has 0 spiro atoms. The topological polar surface area (TPSA) is 75.6 Å². The van der Waals surface area contributed by atoms with Gasteiger partial charge in [0.1, 0.15) is 11.3 Å². The Bertz CT molecular complexity index is 512. The summed E-state index contributed by atoms with van der Waals surface area (Å²) in [5, 5.41) is 12.4. The van der Waals surface area contributed by atoms with Gasteiger partial charge >= 0.3 is 5.97 Å². The Balaban J connectivity index is 1.85. The maximum absolute atomic E-state index is 11.8. The van der Waals surface area contributed by atoms with Gasteiger partial charge in [-0.05, 0) is 31.0 Å². The molecule has 5 nitrogen and oxygen atoms in total. The molecule has 0 aromatic heterocycles. The molecule has 2 rings (SSSR count). The lowest BCUT2D eigenvalue weighted by Gasteiger charge is -2.12. The molecule has 108 valence electrons. The van der Waals surface area contributed by atoms with E-state index >= 15 is 0 Å². The van der Waals surface area contributed by atoms with Crippen molar-refractivity contribution in [3.63, 3.8) is 0 Å². The summed E-state index contributed by atoms with van der Waals surface area (Å²) in [5.74, 6) is -1.19. The van der Waals surface area contributed by atoms with Crippen LogP contribution in [0, 0.1) is 0 Å². The standard InChI is InChI=1S/C14H16BrNO4/c15-9-5-6-12(17)11(7-9)14(19)20-8-13(18)16-10-3-1-2-4-10/h5-7,10,17H,1-4,8H2,(H,16,18). The summed E-state index contributed by atoms with van der Waals surface area (Å²) in [6.45, 7) is -0.332. The van der Waals surface area contributed by atoms with Gasteiger partial charge in [-0.2, -0.15) is 0 Å². The van der Waals surface area contributed by atoms with Crippen LogP contribution in [-0.2, 0) is 9.53 Å². The minimum absolute atomic E-state index is 0.0352. The van der Waals surface area contributed by atoms with Crippen molar-refractivity contribution in [2.45, 2.75) is 31.7 Å². The summed E-state index contributed by atoms with van der Waals surface area (Å²) < 4.78 is 5.55. The minimum atomic E-state index is -0.717. The van der Waals surface area contributed by atoms with Crippen molar-refractivity contribution in [3.8, 4) is 5.75 Å². The Labute approximate surface area is 125 Å². The number of amides is 1. The van der Waals surface area contributed by atoms with E-state index in [-0.39, 0.29) is 29.9 Å². The summed E-state index contributed by atoms with van der Waals surface area (Å²) in [5.41, 5.74) is 0.0352. The van der Waals surface area contributed by atoms with Gasteiger partial charge in [-0.1, -0.05) is 28.8 Å². The summed E-state index contributed by atoms with van der Waals surface area (Å²) in [4.78, 5) is 23.4. The van der Waals surface area contributed by atoms with Crippen LogP contribution in [0.5, 0.6) is 5.75 Å². The molecule has 0 atom stereocenters. The van der Waals surface area contributed by atoms with Crippen LogP contribution >= 0.6 is 15.9 Å². The lowest BCUT2D eigenvalue weighted by atomic mass is 10.2. The van der Waals surface area contributed by atoms with E-state index in [1.54, 1.807) is 6.07 Å². The number of rotatable bonds is 4. The van der Waals surface area contributed by atoms with E-state index in [4.69, 9.17) is 4.74 Å². The predicted octanol–water partition coefficient (Wildman–Crippen LogP) is 2.37. The average molecular weight is 342 g/mol. The Kier molecular flexibility index (Phi) is 5.00. The molecule has 1 aromatic carbocycles. The van der Waals surface area contributed by atoms with Crippen LogP contribution in [0.25, 0.3) is 0 Å². The Hall–Kier alpha value is -1.56. The van der Waals surface area contributed by atoms with Gasteiger partial charge in [0.2, 0.25) is 0 Å². The fraction of sp³-hybridized carbons (Fsp3) is 0.429. The van der Waals surface area contributed by atoms with Crippen molar-refractivity contribution in [3.05, 3.63) is 28.2 Å². The summed E-state index contributed by atoms with van der Waals surface area (Å²) >= 11 is 3.20. The lowest BCUT2D eigenvalue weighted by molar-refractivity contribution is -0.124. The lowest BCUT2D eigenvalue weighted by Crippen LogP contribution is -2.35. The zero-order valence-corrected chi connectivity index (χ0v) is 12.5. The van der Waals surface area contributed by atoms with Gasteiger partial charge in [0.05, 0.1) is 0 Å². The van der Waals surface area contributed by atoms with Gasteiger partial charge in [-0.15, -0.1) is 0 Å². The van der Waals surface area contributed by atoms with Crippen molar-refractivity contribution in [1.82, 2.24) is 5.32 Å². The second kappa shape index (κ2) is 6.74. The highest BCUT2D eigenvalue weighted by Gasteiger charge is 2.19. The molecule has 20 heavy (non-hydrogen) atoms. The smallest absolute Gasteiger partial charge is 0.342 e. The molecule has 0 bridgehead atoms. The first-order chi connectivity index (χ1) is 9.56. The zero-order chi connectivity index (χ0) is 14.5. The molecule has 0 radical (unpaired) electrons. The van der Waals surface area contributed by atoms with Crippen molar-refractivity contribution in [1.29, 1.82) is 0 Å². The second-order valence-electron chi connectivity index (χ2n) is 4.79. The number of phenolic OH excluding ortho intramolecular Hbond substituents is 1. The van der Waals surface area contributed by atoms with Crippen LogP contribution in [-0.4, -0.2) is 29.6 Å². The third kappa shape index (κ3) is 3.96. The number of esters is 1. The first-order valence-electron chi connectivity index (χ1n) is 6.51. The Morgan fingerprint density at radius 3 is 2.75 bits per heavy atom. The zero-order valence-electron chi connectivity index (χ0n) is 10.9. The van der Waals surface area contributed by atoms with Gasteiger partial charge in [0, 0.05) is 10.5 Å². The van der Waals surface area contributed by atoms with Gasteiger partial charge < -0.3 is 15.2 Å². The van der Waals surface area contributed by atoms with E-state index in [0.29, 0.717) is 4.47 Å². The Morgan fingerprint density at radius 2 is 2.05 bits per heavy atom. The molecule has 1 aliphatic rings. The molecule has 0 saturated heterocycles. The van der Waals surface area contributed by atoms with E-state index in [2.05, 4.69) is 21.2 Å². The quantitative estimate of drug-likeness (QED) is 0.824. The SMILES string of the molecule is O=C(COC(=O)c1cc(Br)ccc1O)NC1CCCC1. The molecule has 1 fully saturated rings. The fourth-order valence-corrected chi connectivity index (χ4v) is 2.58. The highest BCUT2D eigenvalue weighted by atomic mass is 79.9. The predicted molar refractivity (Wildman–Crippen MR) is 76.5 cm³/mol. The highest BCUT2D eigenvalue weighted by Crippen LogP contribution is 2.22. The molecule has 1 aromatic rings. The molecule has 6 heteroatoms. The van der Waals surface area contributed by atoms with Gasteiger partial charge in [-0.25, -0.2) is 4.79 Å². The number of phenols is 1. The van der Waals surface area contributed by atoms with Gasteiger partial charge in [-0.3, -0.25) is 4.79 Å². The average Bonchev–Trinajstić information content (AvgIpc) is 2.91. The van der Waals surface area contributed by atoms with Crippen LogP contribution in [0.4, 0.5) is 0 Å². The fourth-order valence-electron chi connectivity index (χ4n) is 2.22. The van der Waals surface area contributed by atoms with Gasteiger partial charge in [0.25, 0.3) is 5.91 Å². The number of benzene rings is 1. The van der Waals surface area contributed by atoms with E-state index < -0.39 is 5.97 Å². The molecular formula is C14H16BrNO4. The summed E-state index contributed by atoms with van der Waals surface area (Å²) in [6.07, 6.45) is 4.20. The Morgan fingerprint density at radius 1 is 1.35 bits per heavy atom. The number of hydrogen-bond acceptors (Lipinski definition) is 4. The highest BCUT2D eigenvalue weighted by molar-refractivity contribution is 9.10. The first-order valence-corrected chi connectivity index (χ1v) is 7.30. The third-order valence-electron chi connectivity index (χ3n) is 3.23. The largest absolute Gasteiger partial charge is 0.507 e. The van der Waals surface area contributed by atoms with Gasteiger partial charge in [0.15, 0.2) is 6.61 Å². The molecular weight excluding hydrogens is 326 g/mol. The van der Waals surface area contributed by atoms with Crippen molar-refractivity contribution < 1.29 is 19.4 Å². The number of carbonyl (C=O) groups is 2. The first kappa shape index (κ1) is 14.8. The number of hydrogen-bond donors (Lipinski definition) is 2. The second-order valence-corrected chi connectivity index (χ2v) is 5.70. The van der Waals surface area contributed by atoms with E-state index in [1.165, 1.54) is 12.1 Å². The minimum Gasteiger partial charge on any atom is -0.507 e. The van der Waals surface area contributed by atoms with E-state index in [1.807, 2.05) is 0 Å². The van der Waals surface area contributed by atoms with E-state index in [9.17, 15) is 14.7 Å². The molecule has 2 N–H and O–H groups in total. The normalized spacial score (nSPS) is 15.1.